The molecule has 1 heterocycles. The highest BCUT2D eigenvalue weighted by molar-refractivity contribution is 6.00. The zero-order valence-corrected chi connectivity index (χ0v) is 51.3. The second-order valence-corrected chi connectivity index (χ2v) is 23.7. The van der Waals surface area contributed by atoms with E-state index in [9.17, 15) is 48.3 Å². The number of primary amides is 1. The van der Waals surface area contributed by atoms with E-state index in [2.05, 4.69) is 49.1 Å². The molecule has 21 heteroatoms. The van der Waals surface area contributed by atoms with E-state index in [0.29, 0.717) is 33.8 Å². The van der Waals surface area contributed by atoms with Crippen LogP contribution >= 0.6 is 0 Å². The Morgan fingerprint density at radius 1 is 0.744 bits per heavy atom. The third-order valence-corrected chi connectivity index (χ3v) is 15.0. The number of ether oxygens (including phenoxy) is 1. The van der Waals surface area contributed by atoms with Crippen molar-refractivity contribution in [1.29, 1.82) is 0 Å². The number of likely N-dealkylation sites (N-methyl/N-ethyl adjacent to an activating group) is 2. The van der Waals surface area contributed by atoms with Crippen molar-refractivity contribution in [3.05, 3.63) is 137 Å². The van der Waals surface area contributed by atoms with Gasteiger partial charge in [-0.3, -0.25) is 34.1 Å². The van der Waals surface area contributed by atoms with Crippen molar-refractivity contribution in [2.75, 3.05) is 36.2 Å². The number of nitrogens with two attached hydrogens (primary N) is 1. The van der Waals surface area contributed by atoms with E-state index < -0.39 is 88.7 Å². The number of rotatable bonds is 26. The van der Waals surface area contributed by atoms with Gasteiger partial charge in [-0.1, -0.05) is 135 Å². The molecule has 1 aliphatic rings. The third kappa shape index (κ3) is 19.0. The van der Waals surface area contributed by atoms with Crippen LogP contribution in [0.15, 0.2) is 109 Å². The van der Waals surface area contributed by atoms with E-state index in [1.165, 1.54) is 11.8 Å². The van der Waals surface area contributed by atoms with Crippen LogP contribution in [-0.4, -0.2) is 114 Å². The summed E-state index contributed by atoms with van der Waals surface area (Å²) in [6, 6.07) is 22.9. The predicted octanol–water partition coefficient (Wildman–Crippen LogP) is 7.09. The highest BCUT2D eigenvalue weighted by Gasteiger charge is 2.42. The van der Waals surface area contributed by atoms with E-state index in [1.807, 2.05) is 103 Å². The highest BCUT2D eigenvalue weighted by atomic mass is 16.5. The maximum atomic E-state index is 14.2. The Morgan fingerprint density at radius 3 is 2.02 bits per heavy atom. The molecular formula is C65H84N10O11. The highest BCUT2D eigenvalue weighted by Crippen LogP contribution is 2.32. The van der Waals surface area contributed by atoms with Gasteiger partial charge < -0.3 is 57.3 Å². The molecule has 460 valence electrons. The summed E-state index contributed by atoms with van der Waals surface area (Å²) in [5.41, 5.74) is 8.68. The van der Waals surface area contributed by atoms with Gasteiger partial charge in [0.05, 0.1) is 24.3 Å². The standard InChI is InChI=1S/C65H84N10O11/c1-39(2)51(35-41(5)61(82)83)74(12)60(81)56(64(6,7)8)73-59(80)55(67-11)65(9,10)46-22-17-23-48(36-46)70-63(85)86-38-42-26-30-47(31-27-42)69-57(78)49(24-18-34-68-62(66)84)71-58(79)54(40(3)4)72-52(76)32-33-53(77)75-37-45-21-14-13-19-43(45)28-29-44-20-15-16-25-50(44)75/h13-17,19-23,25-27,30-31,35-36,39-40,49,51,54-56,67H,18,24,32-34,37-38H2,1-12H3,(H,69,78)(H,70,85)(H,71,79)(H,72,76)(H,73,80)(H,82,83)(H3,66,68,84)/b41-35+/t49-,51+,54-,55?,56+/m0/s1. The number of carboxylic acids is 1. The van der Waals surface area contributed by atoms with Crippen molar-refractivity contribution in [3.8, 4) is 11.8 Å². The van der Waals surface area contributed by atoms with Crippen LogP contribution in [0.2, 0.25) is 0 Å². The van der Waals surface area contributed by atoms with Crippen molar-refractivity contribution >= 4 is 70.6 Å². The van der Waals surface area contributed by atoms with E-state index >= 15 is 0 Å². The number of benzene rings is 4. The lowest BCUT2D eigenvalue weighted by Gasteiger charge is -2.40. The van der Waals surface area contributed by atoms with Gasteiger partial charge in [0, 0.05) is 59.9 Å². The number of amides is 9. The molecule has 0 fully saturated rings. The molecule has 4 aromatic carbocycles. The second-order valence-electron chi connectivity index (χ2n) is 23.7. The largest absolute Gasteiger partial charge is 0.478 e. The molecule has 10 N–H and O–H groups in total. The molecule has 0 radical (unpaired) electrons. The number of carboxylic acid groups (broad SMARTS) is 1. The lowest BCUT2D eigenvalue weighted by molar-refractivity contribution is -0.141. The average molecular weight is 1180 g/mol. The Labute approximate surface area is 504 Å². The molecule has 0 saturated heterocycles. The van der Waals surface area contributed by atoms with Gasteiger partial charge in [-0.2, -0.15) is 0 Å². The first-order chi connectivity index (χ1) is 40.5. The number of nitrogens with one attached hydrogen (secondary N) is 7. The smallest absolute Gasteiger partial charge is 0.411 e. The summed E-state index contributed by atoms with van der Waals surface area (Å²) in [6.45, 7) is 18.2. The maximum Gasteiger partial charge on any atom is 0.411 e. The summed E-state index contributed by atoms with van der Waals surface area (Å²) in [7, 11) is 3.24. The van der Waals surface area contributed by atoms with E-state index in [4.69, 9.17) is 10.5 Å². The third-order valence-electron chi connectivity index (χ3n) is 15.0. The molecular weight excluding hydrogens is 1100 g/mol. The van der Waals surface area contributed by atoms with Crippen molar-refractivity contribution in [3.63, 3.8) is 0 Å². The summed E-state index contributed by atoms with van der Waals surface area (Å²) < 4.78 is 5.56. The van der Waals surface area contributed by atoms with Crippen molar-refractivity contribution in [2.24, 2.45) is 23.0 Å². The SMILES string of the molecule is CNC(C(=O)N[C@H](C(=O)N(C)[C@H](/C=C(\C)C(=O)O)C(C)C)C(C)(C)C)C(C)(C)c1cccc(NC(=O)OCc2ccc(NC(=O)[C@H](CCCNC(N)=O)NC(=O)[C@@H](NC(=O)CCC(=O)N3Cc4ccccc4C#Cc4ccccc43)C(C)C)cc2)c1. The van der Waals surface area contributed by atoms with Crippen LogP contribution in [-0.2, 0) is 56.9 Å². The van der Waals surface area contributed by atoms with Crippen LogP contribution in [0.25, 0.3) is 0 Å². The lowest BCUT2D eigenvalue weighted by atomic mass is 9.76. The number of hydrogen-bond donors (Lipinski definition) is 9. The molecule has 0 bridgehead atoms. The van der Waals surface area contributed by atoms with Crippen molar-refractivity contribution < 1.29 is 53.0 Å². The van der Waals surface area contributed by atoms with Gasteiger partial charge in [0.15, 0.2) is 0 Å². The Morgan fingerprint density at radius 2 is 1.40 bits per heavy atom. The van der Waals surface area contributed by atoms with Crippen LogP contribution in [0, 0.1) is 29.1 Å². The molecule has 1 unspecified atom stereocenters. The quantitative estimate of drug-likeness (QED) is 0.0173. The number of aliphatic carboxylic acids is 1. The Bertz CT molecular complexity index is 3210. The molecule has 1 aliphatic heterocycles. The molecule has 0 aromatic heterocycles. The number of fused-ring (bicyclic) bond motifs is 2. The van der Waals surface area contributed by atoms with Crippen LogP contribution in [0.1, 0.15) is 123 Å². The number of nitrogens with zero attached hydrogens (tertiary/aromatic N) is 2. The summed E-state index contributed by atoms with van der Waals surface area (Å²) in [6.07, 6.45) is 0.742. The molecule has 86 heavy (non-hydrogen) atoms. The number of carbonyl (C=O) groups is 9. The summed E-state index contributed by atoms with van der Waals surface area (Å²) in [5.74, 6) is 1.83. The minimum Gasteiger partial charge on any atom is -0.478 e. The first-order valence-electron chi connectivity index (χ1n) is 28.7. The Kier molecular flexibility index (Phi) is 24.2. The van der Waals surface area contributed by atoms with Gasteiger partial charge in [0.2, 0.25) is 35.4 Å². The zero-order chi connectivity index (χ0) is 63.6. The monoisotopic (exact) mass is 1180 g/mol. The minimum atomic E-state index is -1.12. The van der Waals surface area contributed by atoms with Gasteiger partial charge in [-0.05, 0) is 103 Å². The zero-order valence-electron chi connectivity index (χ0n) is 51.3. The average Bonchev–Trinajstić information content (AvgIpc) is 3.59. The molecule has 0 aliphatic carbocycles. The number of carbonyl (C=O) groups excluding carboxylic acids is 8. The van der Waals surface area contributed by atoms with Gasteiger partial charge in [0.25, 0.3) is 0 Å². The minimum absolute atomic E-state index is 0.0812. The predicted molar refractivity (Wildman–Crippen MR) is 330 cm³/mol. The normalized spacial score (nSPS) is 13.9. The van der Waals surface area contributed by atoms with E-state index in [1.54, 1.807) is 81.4 Å². The van der Waals surface area contributed by atoms with Crippen LogP contribution in [0.5, 0.6) is 0 Å². The van der Waals surface area contributed by atoms with Gasteiger partial charge >= 0.3 is 18.1 Å². The first kappa shape index (κ1) is 67.8. The number of anilines is 3. The fourth-order valence-corrected chi connectivity index (χ4v) is 9.90. The summed E-state index contributed by atoms with van der Waals surface area (Å²) in [4.78, 5) is 123. The fourth-order valence-electron chi connectivity index (χ4n) is 9.90. The number of hydrogen-bond acceptors (Lipinski definition) is 11. The van der Waals surface area contributed by atoms with Crippen molar-refractivity contribution in [2.45, 2.75) is 144 Å². The van der Waals surface area contributed by atoms with Gasteiger partial charge in [-0.25, -0.2) is 14.4 Å². The Balaban J connectivity index is 1.18. The molecule has 5 atom stereocenters. The van der Waals surface area contributed by atoms with Crippen LogP contribution in [0.4, 0.5) is 26.7 Å². The van der Waals surface area contributed by atoms with Crippen molar-refractivity contribution in [1.82, 2.24) is 31.5 Å². The Hall–Kier alpha value is -9.03. The van der Waals surface area contributed by atoms with E-state index in [0.717, 1.165) is 11.1 Å². The number of para-hydroxylation sites is 1. The summed E-state index contributed by atoms with van der Waals surface area (Å²) >= 11 is 0. The topological polar surface area (TPSA) is 300 Å². The maximum absolute atomic E-state index is 14.2. The lowest BCUT2D eigenvalue weighted by Crippen LogP contribution is -2.61. The van der Waals surface area contributed by atoms with Crippen LogP contribution in [0.3, 0.4) is 0 Å². The molecule has 0 saturated carbocycles. The van der Waals surface area contributed by atoms with E-state index in [-0.39, 0.29) is 68.7 Å². The van der Waals surface area contributed by atoms with Gasteiger partial charge in [0.1, 0.15) is 24.7 Å². The van der Waals surface area contributed by atoms with Gasteiger partial charge in [-0.15, -0.1) is 0 Å². The fraction of sp³-hybridized carbons (Fsp3) is 0.431. The molecule has 0 spiro atoms. The summed E-state index contributed by atoms with van der Waals surface area (Å²) in [5, 5.41) is 29.2. The first-order valence-corrected chi connectivity index (χ1v) is 28.7. The van der Waals surface area contributed by atoms with Crippen LogP contribution < -0.4 is 47.9 Å². The molecule has 21 nitrogen and oxygen atoms in total. The molecule has 5 rings (SSSR count). The second kappa shape index (κ2) is 30.7. The molecule has 4 aromatic rings. The molecule has 9 amide bonds. The number of urea groups is 1.